The molecule has 3 aliphatic rings. The van der Waals surface area contributed by atoms with Gasteiger partial charge < -0.3 is 29.2 Å². The highest BCUT2D eigenvalue weighted by atomic mass is 16.7. The van der Waals surface area contributed by atoms with Crippen LogP contribution in [0.5, 0.6) is 11.5 Å². The van der Waals surface area contributed by atoms with Crippen molar-refractivity contribution in [3.8, 4) is 11.5 Å². The molecule has 4 heterocycles. The quantitative estimate of drug-likeness (QED) is 0.858. The third-order valence-electron chi connectivity index (χ3n) is 5.13. The minimum absolute atomic E-state index is 0.121. The minimum Gasteiger partial charge on any atom is -0.454 e. The van der Waals surface area contributed by atoms with Gasteiger partial charge in [0, 0.05) is 43.9 Å². The van der Waals surface area contributed by atoms with Gasteiger partial charge in [0.1, 0.15) is 5.69 Å². The molecule has 2 fully saturated rings. The van der Waals surface area contributed by atoms with Crippen molar-refractivity contribution in [1.29, 1.82) is 0 Å². The number of fused-ring (bicyclic) bond motifs is 1. The Morgan fingerprint density at radius 3 is 2.68 bits per heavy atom. The van der Waals surface area contributed by atoms with E-state index < -0.39 is 5.79 Å². The summed E-state index contributed by atoms with van der Waals surface area (Å²) in [5.41, 5.74) is 1.10. The molecule has 146 valence electrons. The van der Waals surface area contributed by atoms with Gasteiger partial charge in [-0.05, 0) is 18.2 Å². The van der Waals surface area contributed by atoms with Gasteiger partial charge in [-0.2, -0.15) is 0 Å². The van der Waals surface area contributed by atoms with Crippen LogP contribution in [0, 0.1) is 0 Å². The Morgan fingerprint density at radius 1 is 1.07 bits per heavy atom. The zero-order chi connectivity index (χ0) is 19.0. The van der Waals surface area contributed by atoms with Crippen LogP contribution in [0.25, 0.3) is 0 Å². The molecule has 2 saturated heterocycles. The van der Waals surface area contributed by atoms with Crippen molar-refractivity contribution < 1.29 is 23.7 Å². The molecule has 2 aromatic rings. The molecule has 0 aliphatic carbocycles. The first-order valence-corrected chi connectivity index (χ1v) is 9.28. The number of benzene rings is 1. The Bertz CT molecular complexity index is 890. The molecule has 9 heteroatoms. The van der Waals surface area contributed by atoms with Crippen molar-refractivity contribution in [1.82, 2.24) is 14.9 Å². The lowest BCUT2D eigenvalue weighted by atomic mass is 10.0. The largest absolute Gasteiger partial charge is 0.454 e. The van der Waals surface area contributed by atoms with Crippen LogP contribution in [0.1, 0.15) is 23.3 Å². The standard InChI is InChI=1S/C19H20N4O5/c24-17(23-7-4-19(5-8-23)27-9-10-28-19)14-3-6-20-18(22-14)21-13-1-2-15-16(11-13)26-12-25-15/h1-3,6,11H,4-5,7-10,12H2,(H,20,21,22). The van der Waals surface area contributed by atoms with Crippen molar-refractivity contribution in [2.45, 2.75) is 18.6 Å². The highest BCUT2D eigenvalue weighted by Gasteiger charge is 2.41. The Morgan fingerprint density at radius 2 is 1.86 bits per heavy atom. The number of hydrogen-bond donors (Lipinski definition) is 1. The molecule has 1 aromatic heterocycles. The summed E-state index contributed by atoms with van der Waals surface area (Å²) in [6.07, 6.45) is 2.92. The maximum Gasteiger partial charge on any atom is 0.272 e. The SMILES string of the molecule is O=C(c1ccnc(Nc2ccc3c(c2)OCO3)n1)N1CCC2(CC1)OCCO2. The molecular formula is C19H20N4O5. The lowest BCUT2D eigenvalue weighted by Gasteiger charge is -2.37. The Balaban J connectivity index is 1.27. The second-order valence-electron chi connectivity index (χ2n) is 6.86. The monoisotopic (exact) mass is 384 g/mol. The van der Waals surface area contributed by atoms with Crippen LogP contribution in [0.2, 0.25) is 0 Å². The van der Waals surface area contributed by atoms with Gasteiger partial charge in [0.2, 0.25) is 12.7 Å². The van der Waals surface area contributed by atoms with Gasteiger partial charge in [0.15, 0.2) is 17.3 Å². The number of anilines is 2. The Labute approximate surface area is 161 Å². The van der Waals surface area contributed by atoms with Crippen LogP contribution in [0.4, 0.5) is 11.6 Å². The van der Waals surface area contributed by atoms with Crippen molar-refractivity contribution in [3.05, 3.63) is 36.2 Å². The molecule has 0 radical (unpaired) electrons. The third-order valence-corrected chi connectivity index (χ3v) is 5.13. The van der Waals surface area contributed by atoms with E-state index in [1.165, 1.54) is 0 Å². The number of piperidine rings is 1. The van der Waals surface area contributed by atoms with Crippen molar-refractivity contribution in [2.75, 3.05) is 38.4 Å². The summed E-state index contributed by atoms with van der Waals surface area (Å²) in [4.78, 5) is 23.2. The van der Waals surface area contributed by atoms with E-state index >= 15 is 0 Å². The van der Waals surface area contributed by atoms with Gasteiger partial charge in [-0.25, -0.2) is 9.97 Å². The number of amides is 1. The number of carbonyl (C=O) groups is 1. The minimum atomic E-state index is -0.505. The Hall–Kier alpha value is -2.91. The Kier molecular flexibility index (Phi) is 4.25. The molecule has 5 rings (SSSR count). The first kappa shape index (κ1) is 17.2. The van der Waals surface area contributed by atoms with E-state index in [1.54, 1.807) is 17.2 Å². The van der Waals surface area contributed by atoms with E-state index in [2.05, 4.69) is 15.3 Å². The first-order chi connectivity index (χ1) is 13.7. The predicted octanol–water partition coefficient (Wildman–Crippen LogP) is 1.93. The van der Waals surface area contributed by atoms with Crippen LogP contribution in [-0.2, 0) is 9.47 Å². The average Bonchev–Trinajstić information content (AvgIpc) is 3.38. The summed E-state index contributed by atoms with van der Waals surface area (Å²) in [5, 5.41) is 3.10. The smallest absolute Gasteiger partial charge is 0.272 e. The van der Waals surface area contributed by atoms with E-state index in [0.717, 1.165) is 5.69 Å². The highest BCUT2D eigenvalue weighted by molar-refractivity contribution is 5.92. The van der Waals surface area contributed by atoms with Crippen LogP contribution >= 0.6 is 0 Å². The van der Waals surface area contributed by atoms with Gasteiger partial charge in [0.05, 0.1) is 13.2 Å². The topological polar surface area (TPSA) is 95.0 Å². The third kappa shape index (κ3) is 3.23. The summed E-state index contributed by atoms with van der Waals surface area (Å²) in [6, 6.07) is 7.10. The normalized spacial score (nSPS) is 19.8. The fourth-order valence-corrected chi connectivity index (χ4v) is 3.64. The van der Waals surface area contributed by atoms with Crippen LogP contribution in [-0.4, -0.2) is 59.7 Å². The molecular weight excluding hydrogens is 364 g/mol. The van der Waals surface area contributed by atoms with Gasteiger partial charge in [-0.3, -0.25) is 4.79 Å². The lowest BCUT2D eigenvalue weighted by molar-refractivity contribution is -0.181. The summed E-state index contributed by atoms with van der Waals surface area (Å²) in [5.74, 6) is 1.09. The molecule has 0 atom stereocenters. The number of carbonyl (C=O) groups excluding carboxylic acids is 1. The zero-order valence-electron chi connectivity index (χ0n) is 15.2. The molecule has 1 N–H and O–H groups in total. The molecule has 3 aliphatic heterocycles. The molecule has 1 amide bonds. The molecule has 1 spiro atoms. The van der Waals surface area contributed by atoms with Gasteiger partial charge in [0.25, 0.3) is 5.91 Å². The molecule has 1 aromatic carbocycles. The van der Waals surface area contributed by atoms with Gasteiger partial charge in [-0.1, -0.05) is 0 Å². The van der Waals surface area contributed by atoms with Gasteiger partial charge >= 0.3 is 0 Å². The molecule has 0 unspecified atom stereocenters. The van der Waals surface area contributed by atoms with Crippen LogP contribution in [0.15, 0.2) is 30.5 Å². The fourth-order valence-electron chi connectivity index (χ4n) is 3.64. The maximum absolute atomic E-state index is 12.9. The van der Waals surface area contributed by atoms with Crippen LogP contribution < -0.4 is 14.8 Å². The lowest BCUT2D eigenvalue weighted by Crippen LogP contribution is -2.47. The molecule has 0 saturated carbocycles. The number of nitrogens with zero attached hydrogens (tertiary/aromatic N) is 3. The van der Waals surface area contributed by atoms with Crippen molar-refractivity contribution >= 4 is 17.5 Å². The fraction of sp³-hybridized carbons (Fsp3) is 0.421. The van der Waals surface area contributed by atoms with Crippen molar-refractivity contribution in [3.63, 3.8) is 0 Å². The number of likely N-dealkylation sites (tertiary alicyclic amines) is 1. The van der Waals surface area contributed by atoms with Gasteiger partial charge in [-0.15, -0.1) is 0 Å². The van der Waals surface area contributed by atoms with E-state index in [4.69, 9.17) is 18.9 Å². The molecule has 28 heavy (non-hydrogen) atoms. The highest BCUT2D eigenvalue weighted by Crippen LogP contribution is 2.35. The number of aromatic nitrogens is 2. The number of nitrogens with one attached hydrogen (secondary N) is 1. The van der Waals surface area contributed by atoms with E-state index in [-0.39, 0.29) is 12.7 Å². The maximum atomic E-state index is 12.9. The second kappa shape index (κ2) is 6.92. The predicted molar refractivity (Wildman–Crippen MR) is 97.7 cm³/mol. The van der Waals surface area contributed by atoms with Crippen LogP contribution in [0.3, 0.4) is 0 Å². The molecule has 0 bridgehead atoms. The van der Waals surface area contributed by atoms with Crippen molar-refractivity contribution in [2.24, 2.45) is 0 Å². The van der Waals surface area contributed by atoms with E-state index in [1.807, 2.05) is 18.2 Å². The zero-order valence-corrected chi connectivity index (χ0v) is 15.2. The van der Waals surface area contributed by atoms with E-state index in [0.29, 0.717) is 62.3 Å². The number of ether oxygens (including phenoxy) is 4. The number of hydrogen-bond acceptors (Lipinski definition) is 8. The summed E-state index contributed by atoms with van der Waals surface area (Å²) >= 11 is 0. The number of rotatable bonds is 3. The summed E-state index contributed by atoms with van der Waals surface area (Å²) in [6.45, 7) is 2.61. The summed E-state index contributed by atoms with van der Waals surface area (Å²) < 4.78 is 22.1. The first-order valence-electron chi connectivity index (χ1n) is 9.28. The summed E-state index contributed by atoms with van der Waals surface area (Å²) in [7, 11) is 0. The second-order valence-corrected chi connectivity index (χ2v) is 6.86. The van der Waals surface area contributed by atoms with E-state index in [9.17, 15) is 4.79 Å². The average molecular weight is 384 g/mol. The molecule has 9 nitrogen and oxygen atoms in total.